The number of hydrogen-bond donors (Lipinski definition) is 0. The molecule has 5 aromatic rings. The molecule has 0 aliphatic rings. The summed E-state index contributed by atoms with van der Waals surface area (Å²) in [6.07, 6.45) is 0. The highest BCUT2D eigenvalue weighted by Gasteiger charge is 2.29. The summed E-state index contributed by atoms with van der Waals surface area (Å²) < 4.78 is 87.2. The maximum absolute atomic E-state index is 15.2. The molecule has 1 aromatic heterocycles. The predicted molar refractivity (Wildman–Crippen MR) is 106 cm³/mol. The Morgan fingerprint density at radius 2 is 0.968 bits per heavy atom. The molecule has 0 saturated carbocycles. The first kappa shape index (κ1) is 19.2. The lowest BCUT2D eigenvalue weighted by Crippen LogP contribution is -2.07. The molecular formula is C24H11F6N. The summed E-state index contributed by atoms with van der Waals surface area (Å²) in [5, 5.41) is 1.48. The standard InChI is InChI=1S/C24H11F6N/c25-15-9-5-8-14(18-19(26)21(28)23(30)22(29)20(18)27)24(15)31-16-10-3-1-6-12(16)13-7-2-4-11-17(13)31/h1-11H. The molecule has 0 aliphatic heterocycles. The highest BCUT2D eigenvalue weighted by Crippen LogP contribution is 2.40. The number of fused-ring (bicyclic) bond motifs is 3. The number of rotatable bonds is 2. The normalized spacial score (nSPS) is 11.5. The zero-order valence-electron chi connectivity index (χ0n) is 15.6. The summed E-state index contributed by atoms with van der Waals surface area (Å²) in [4.78, 5) is 0. The minimum absolute atomic E-state index is 0.317. The van der Waals surface area contributed by atoms with Crippen LogP contribution in [0.15, 0.2) is 66.7 Å². The van der Waals surface area contributed by atoms with Gasteiger partial charge in [0.25, 0.3) is 0 Å². The molecule has 4 aromatic carbocycles. The van der Waals surface area contributed by atoms with E-state index in [1.54, 1.807) is 48.5 Å². The van der Waals surface area contributed by atoms with E-state index in [0.29, 0.717) is 11.0 Å². The summed E-state index contributed by atoms with van der Waals surface area (Å²) >= 11 is 0. The van der Waals surface area contributed by atoms with Crippen molar-refractivity contribution in [3.8, 4) is 16.8 Å². The van der Waals surface area contributed by atoms with E-state index >= 15 is 4.39 Å². The van der Waals surface area contributed by atoms with Crippen LogP contribution in [-0.4, -0.2) is 4.57 Å². The van der Waals surface area contributed by atoms with Crippen molar-refractivity contribution in [2.45, 2.75) is 0 Å². The summed E-state index contributed by atoms with van der Waals surface area (Å²) in [6, 6.07) is 17.3. The summed E-state index contributed by atoms with van der Waals surface area (Å²) in [6.45, 7) is 0. The van der Waals surface area contributed by atoms with Crippen LogP contribution in [0, 0.1) is 34.9 Å². The van der Waals surface area contributed by atoms with E-state index in [2.05, 4.69) is 0 Å². The molecular weight excluding hydrogens is 416 g/mol. The van der Waals surface area contributed by atoms with Crippen LogP contribution in [0.3, 0.4) is 0 Å². The Labute approximate surface area is 171 Å². The van der Waals surface area contributed by atoms with Gasteiger partial charge in [0.15, 0.2) is 23.3 Å². The van der Waals surface area contributed by atoms with E-state index in [0.717, 1.165) is 29.0 Å². The van der Waals surface area contributed by atoms with Crippen LogP contribution in [0.5, 0.6) is 0 Å². The Hall–Kier alpha value is -3.74. The molecule has 0 amide bonds. The Morgan fingerprint density at radius 3 is 1.52 bits per heavy atom. The van der Waals surface area contributed by atoms with Gasteiger partial charge in [0.05, 0.1) is 22.3 Å². The van der Waals surface area contributed by atoms with Gasteiger partial charge in [-0.2, -0.15) is 0 Å². The fourth-order valence-electron chi connectivity index (χ4n) is 3.95. The Bertz CT molecular complexity index is 1420. The molecule has 1 heterocycles. The highest BCUT2D eigenvalue weighted by atomic mass is 19.2. The third-order valence-corrected chi connectivity index (χ3v) is 5.27. The molecule has 0 N–H and O–H groups in total. The van der Waals surface area contributed by atoms with Crippen LogP contribution < -0.4 is 0 Å². The van der Waals surface area contributed by atoms with E-state index in [1.807, 2.05) is 0 Å². The summed E-state index contributed by atoms with van der Waals surface area (Å²) in [7, 11) is 0. The average Bonchev–Trinajstić information content (AvgIpc) is 3.11. The molecule has 0 fully saturated rings. The highest BCUT2D eigenvalue weighted by molar-refractivity contribution is 6.09. The molecule has 0 unspecified atom stereocenters. The summed E-state index contributed by atoms with van der Waals surface area (Å²) in [5.74, 6) is -11.4. The lowest BCUT2D eigenvalue weighted by atomic mass is 10.0. The smallest absolute Gasteiger partial charge is 0.200 e. The Kier molecular flexibility index (Phi) is 4.28. The first-order valence-corrected chi connectivity index (χ1v) is 9.20. The zero-order valence-corrected chi connectivity index (χ0v) is 15.6. The Morgan fingerprint density at radius 1 is 0.484 bits per heavy atom. The molecule has 154 valence electrons. The first-order valence-electron chi connectivity index (χ1n) is 9.20. The minimum Gasteiger partial charge on any atom is -0.306 e. The second kappa shape index (κ2) is 6.91. The van der Waals surface area contributed by atoms with Crippen LogP contribution in [0.25, 0.3) is 38.6 Å². The molecule has 0 atom stereocenters. The van der Waals surface area contributed by atoms with Gasteiger partial charge in [0.2, 0.25) is 5.82 Å². The molecule has 0 saturated heterocycles. The molecule has 0 bridgehead atoms. The molecule has 0 radical (unpaired) electrons. The maximum Gasteiger partial charge on any atom is 0.200 e. The van der Waals surface area contributed by atoms with Gasteiger partial charge < -0.3 is 4.57 Å². The number of halogens is 6. The van der Waals surface area contributed by atoms with Crippen molar-refractivity contribution >= 4 is 21.8 Å². The van der Waals surface area contributed by atoms with Crippen molar-refractivity contribution in [1.82, 2.24) is 4.57 Å². The number of nitrogens with zero attached hydrogens (tertiary/aromatic N) is 1. The van der Waals surface area contributed by atoms with Gasteiger partial charge in [0.1, 0.15) is 5.82 Å². The van der Waals surface area contributed by atoms with E-state index < -0.39 is 46.0 Å². The predicted octanol–water partition coefficient (Wildman–Crippen LogP) is 7.29. The lowest BCUT2D eigenvalue weighted by Gasteiger charge is -2.16. The van der Waals surface area contributed by atoms with E-state index in [4.69, 9.17) is 0 Å². The van der Waals surface area contributed by atoms with Gasteiger partial charge in [-0.25, -0.2) is 26.3 Å². The Balaban J connectivity index is 1.97. The van der Waals surface area contributed by atoms with Crippen molar-refractivity contribution in [1.29, 1.82) is 0 Å². The number of benzene rings is 4. The molecule has 1 nitrogen and oxygen atoms in total. The van der Waals surface area contributed by atoms with Gasteiger partial charge in [-0.15, -0.1) is 0 Å². The van der Waals surface area contributed by atoms with Crippen LogP contribution >= 0.6 is 0 Å². The van der Waals surface area contributed by atoms with E-state index in [-0.39, 0.29) is 5.69 Å². The van der Waals surface area contributed by atoms with E-state index in [9.17, 15) is 22.0 Å². The van der Waals surface area contributed by atoms with Gasteiger partial charge in [-0.1, -0.05) is 48.5 Å². The summed E-state index contributed by atoms with van der Waals surface area (Å²) in [5.41, 5.74) is -0.937. The minimum atomic E-state index is -2.27. The van der Waals surface area contributed by atoms with Gasteiger partial charge in [0, 0.05) is 16.3 Å². The molecule has 7 heteroatoms. The first-order chi connectivity index (χ1) is 14.9. The fourth-order valence-corrected chi connectivity index (χ4v) is 3.95. The van der Waals surface area contributed by atoms with Crippen LogP contribution in [0.4, 0.5) is 26.3 Å². The van der Waals surface area contributed by atoms with Crippen molar-refractivity contribution < 1.29 is 26.3 Å². The quantitative estimate of drug-likeness (QED) is 0.158. The van der Waals surface area contributed by atoms with Crippen LogP contribution in [0.2, 0.25) is 0 Å². The van der Waals surface area contributed by atoms with E-state index in [1.165, 1.54) is 4.57 Å². The van der Waals surface area contributed by atoms with Crippen LogP contribution in [-0.2, 0) is 0 Å². The topological polar surface area (TPSA) is 4.93 Å². The number of hydrogen-bond acceptors (Lipinski definition) is 0. The fraction of sp³-hybridized carbons (Fsp3) is 0. The van der Waals surface area contributed by atoms with Crippen molar-refractivity contribution in [3.05, 3.63) is 102 Å². The monoisotopic (exact) mass is 427 g/mol. The van der Waals surface area contributed by atoms with Crippen molar-refractivity contribution in [2.75, 3.05) is 0 Å². The molecule has 0 spiro atoms. The molecule has 31 heavy (non-hydrogen) atoms. The number of aromatic nitrogens is 1. The van der Waals surface area contributed by atoms with Gasteiger partial charge >= 0.3 is 0 Å². The largest absolute Gasteiger partial charge is 0.306 e. The molecule has 0 aliphatic carbocycles. The van der Waals surface area contributed by atoms with Gasteiger partial charge in [-0.05, 0) is 18.2 Å². The molecule has 5 rings (SSSR count). The lowest BCUT2D eigenvalue weighted by molar-refractivity contribution is 0.381. The van der Waals surface area contributed by atoms with Crippen LogP contribution in [0.1, 0.15) is 0 Å². The average molecular weight is 427 g/mol. The number of para-hydroxylation sites is 3. The third kappa shape index (κ3) is 2.66. The van der Waals surface area contributed by atoms with Crippen molar-refractivity contribution in [3.63, 3.8) is 0 Å². The second-order valence-electron chi connectivity index (χ2n) is 6.95. The second-order valence-corrected chi connectivity index (χ2v) is 6.95. The van der Waals surface area contributed by atoms with Crippen molar-refractivity contribution in [2.24, 2.45) is 0 Å². The third-order valence-electron chi connectivity index (χ3n) is 5.27. The zero-order chi connectivity index (χ0) is 21.9. The maximum atomic E-state index is 15.2. The SMILES string of the molecule is Fc1cccc(-c2c(F)c(F)c(F)c(F)c2F)c1-n1c2ccccc2c2ccccc21. The van der Waals surface area contributed by atoms with Gasteiger partial charge in [-0.3, -0.25) is 0 Å².